The Balaban J connectivity index is 1.70. The lowest BCUT2D eigenvalue weighted by Gasteiger charge is -2.10. The average molecular weight is 276 g/mol. The van der Waals surface area contributed by atoms with Gasteiger partial charge in [-0.15, -0.1) is 11.8 Å². The Morgan fingerprint density at radius 2 is 2.21 bits per heavy atom. The van der Waals surface area contributed by atoms with Crippen molar-refractivity contribution in [2.45, 2.75) is 24.3 Å². The number of thioether (sulfide) groups is 1. The van der Waals surface area contributed by atoms with Gasteiger partial charge in [-0.1, -0.05) is 18.2 Å². The fraction of sp³-hybridized carbons (Fsp3) is 0.308. The summed E-state index contributed by atoms with van der Waals surface area (Å²) in [7, 11) is 0. The van der Waals surface area contributed by atoms with E-state index < -0.39 is 0 Å². The lowest BCUT2D eigenvalue weighted by molar-refractivity contribution is -0.121. The minimum absolute atomic E-state index is 0.0207. The van der Waals surface area contributed by atoms with Crippen LogP contribution in [0.3, 0.4) is 0 Å². The highest BCUT2D eigenvalue weighted by atomic mass is 32.2. The molecule has 0 bridgehead atoms. The lowest BCUT2D eigenvalue weighted by Crippen LogP contribution is -2.27. The molecule has 6 heteroatoms. The molecule has 0 spiro atoms. The summed E-state index contributed by atoms with van der Waals surface area (Å²) in [5.74, 6) is 1.45. The van der Waals surface area contributed by atoms with Crippen molar-refractivity contribution >= 4 is 17.7 Å². The van der Waals surface area contributed by atoms with Gasteiger partial charge in [0.2, 0.25) is 5.91 Å². The van der Waals surface area contributed by atoms with Gasteiger partial charge in [0, 0.05) is 17.1 Å². The quantitative estimate of drug-likeness (QED) is 0.793. The second kappa shape index (κ2) is 6.94. The zero-order valence-electron chi connectivity index (χ0n) is 10.7. The van der Waals surface area contributed by atoms with Crippen LogP contribution in [0, 0.1) is 0 Å². The molecule has 1 heterocycles. The van der Waals surface area contributed by atoms with E-state index in [0.29, 0.717) is 12.2 Å². The monoisotopic (exact) mass is 276 g/mol. The van der Waals surface area contributed by atoms with Gasteiger partial charge in [-0.05, 0) is 19.1 Å². The maximum atomic E-state index is 11.8. The van der Waals surface area contributed by atoms with Gasteiger partial charge >= 0.3 is 0 Å². The number of nitrogens with one attached hydrogen (secondary N) is 2. The highest BCUT2D eigenvalue weighted by molar-refractivity contribution is 7.99. The first-order chi connectivity index (χ1) is 9.25. The first-order valence-electron chi connectivity index (χ1n) is 6.08. The zero-order valence-corrected chi connectivity index (χ0v) is 11.5. The molecule has 2 N–H and O–H groups in total. The molecule has 100 valence electrons. The molecule has 5 nitrogen and oxygen atoms in total. The van der Waals surface area contributed by atoms with Gasteiger partial charge in [-0.2, -0.15) is 5.10 Å². The van der Waals surface area contributed by atoms with Crippen molar-refractivity contribution in [3.63, 3.8) is 0 Å². The number of carbonyl (C=O) groups excluding carboxylic acids is 1. The van der Waals surface area contributed by atoms with Crippen LogP contribution >= 0.6 is 11.8 Å². The van der Waals surface area contributed by atoms with Crippen LogP contribution in [0.4, 0.5) is 0 Å². The van der Waals surface area contributed by atoms with E-state index in [-0.39, 0.29) is 11.9 Å². The predicted molar refractivity (Wildman–Crippen MR) is 74.7 cm³/mol. The largest absolute Gasteiger partial charge is 0.346 e. The van der Waals surface area contributed by atoms with Gasteiger partial charge in [0.15, 0.2) is 0 Å². The van der Waals surface area contributed by atoms with Crippen LogP contribution in [0.15, 0.2) is 41.6 Å². The summed E-state index contributed by atoms with van der Waals surface area (Å²) in [6.45, 7) is 1.88. The van der Waals surface area contributed by atoms with E-state index >= 15 is 0 Å². The third-order valence-electron chi connectivity index (χ3n) is 2.56. The van der Waals surface area contributed by atoms with Crippen molar-refractivity contribution in [1.82, 2.24) is 20.5 Å². The third-order valence-corrected chi connectivity index (χ3v) is 3.58. The highest BCUT2D eigenvalue weighted by Crippen LogP contribution is 2.17. The number of amides is 1. The number of nitrogens with zero attached hydrogens (tertiary/aromatic N) is 2. The number of aromatic nitrogens is 3. The molecule has 1 aromatic carbocycles. The second-order valence-corrected chi connectivity index (χ2v) is 5.24. The Bertz CT molecular complexity index is 501. The molecule has 1 unspecified atom stereocenters. The summed E-state index contributed by atoms with van der Waals surface area (Å²) in [5, 5.41) is 9.39. The summed E-state index contributed by atoms with van der Waals surface area (Å²) in [4.78, 5) is 16.9. The van der Waals surface area contributed by atoms with Gasteiger partial charge in [-0.25, -0.2) is 4.98 Å². The summed E-state index contributed by atoms with van der Waals surface area (Å²) in [5.41, 5.74) is 0. The lowest BCUT2D eigenvalue weighted by atomic mass is 10.3. The van der Waals surface area contributed by atoms with Crippen molar-refractivity contribution < 1.29 is 4.79 Å². The van der Waals surface area contributed by atoms with Crippen LogP contribution in [0.25, 0.3) is 0 Å². The van der Waals surface area contributed by atoms with E-state index in [1.807, 2.05) is 37.3 Å². The molecule has 1 aromatic heterocycles. The maximum Gasteiger partial charge on any atom is 0.221 e. The topological polar surface area (TPSA) is 70.7 Å². The van der Waals surface area contributed by atoms with Crippen LogP contribution in [0.1, 0.15) is 25.2 Å². The van der Waals surface area contributed by atoms with Crippen LogP contribution < -0.4 is 5.32 Å². The summed E-state index contributed by atoms with van der Waals surface area (Å²) >= 11 is 1.68. The van der Waals surface area contributed by atoms with Crippen molar-refractivity contribution in [2.75, 3.05) is 5.75 Å². The van der Waals surface area contributed by atoms with Crippen molar-refractivity contribution in [3.8, 4) is 0 Å². The molecule has 0 aliphatic heterocycles. The smallest absolute Gasteiger partial charge is 0.221 e. The van der Waals surface area contributed by atoms with Gasteiger partial charge in [-0.3, -0.25) is 9.89 Å². The van der Waals surface area contributed by atoms with Gasteiger partial charge in [0.25, 0.3) is 0 Å². The molecular weight excluding hydrogens is 260 g/mol. The van der Waals surface area contributed by atoms with E-state index in [2.05, 4.69) is 20.5 Å². The second-order valence-electron chi connectivity index (χ2n) is 4.07. The van der Waals surface area contributed by atoms with E-state index in [1.54, 1.807) is 11.8 Å². The van der Waals surface area contributed by atoms with Crippen molar-refractivity contribution in [1.29, 1.82) is 0 Å². The van der Waals surface area contributed by atoms with Crippen LogP contribution in [-0.4, -0.2) is 26.8 Å². The molecule has 1 amide bonds. The third kappa shape index (κ3) is 4.40. The van der Waals surface area contributed by atoms with Crippen LogP contribution in [0.5, 0.6) is 0 Å². The number of aromatic amines is 1. The average Bonchev–Trinajstić information content (AvgIpc) is 2.94. The minimum Gasteiger partial charge on any atom is -0.346 e. The molecule has 0 aliphatic rings. The Labute approximate surface area is 116 Å². The highest BCUT2D eigenvalue weighted by Gasteiger charge is 2.11. The van der Waals surface area contributed by atoms with Crippen LogP contribution in [0.2, 0.25) is 0 Å². The van der Waals surface area contributed by atoms with E-state index in [9.17, 15) is 4.79 Å². The molecule has 19 heavy (non-hydrogen) atoms. The number of rotatable bonds is 6. The van der Waals surface area contributed by atoms with E-state index in [4.69, 9.17) is 0 Å². The Morgan fingerprint density at radius 3 is 2.89 bits per heavy atom. The summed E-state index contributed by atoms with van der Waals surface area (Å²) in [6, 6.07) is 9.91. The van der Waals surface area contributed by atoms with Crippen molar-refractivity contribution in [3.05, 3.63) is 42.5 Å². The molecule has 1 atom stereocenters. The molecule has 2 rings (SSSR count). The van der Waals surface area contributed by atoms with Gasteiger partial charge in [0.1, 0.15) is 12.2 Å². The number of carbonyl (C=O) groups is 1. The number of H-pyrrole nitrogens is 1. The maximum absolute atomic E-state index is 11.8. The van der Waals surface area contributed by atoms with E-state index in [0.717, 1.165) is 5.75 Å². The molecule has 0 radical (unpaired) electrons. The number of hydrogen-bond donors (Lipinski definition) is 2. The molecule has 2 aromatic rings. The molecule has 0 aliphatic carbocycles. The summed E-state index contributed by atoms with van der Waals surface area (Å²) in [6.07, 6.45) is 1.92. The molecule has 0 saturated carbocycles. The zero-order chi connectivity index (χ0) is 13.5. The first-order valence-corrected chi connectivity index (χ1v) is 7.07. The number of benzene rings is 1. The SMILES string of the molecule is CC(NC(=O)CCSc1ccccc1)c1ncn[nH]1. The minimum atomic E-state index is -0.142. The van der Waals surface area contributed by atoms with Crippen LogP contribution in [-0.2, 0) is 4.79 Å². The van der Waals surface area contributed by atoms with Gasteiger partial charge in [0.05, 0.1) is 6.04 Å². The molecule has 0 saturated heterocycles. The fourth-order valence-electron chi connectivity index (χ4n) is 1.58. The van der Waals surface area contributed by atoms with Crippen molar-refractivity contribution in [2.24, 2.45) is 0 Å². The predicted octanol–water partition coefficient (Wildman–Crippen LogP) is 2.16. The Kier molecular flexibility index (Phi) is 4.97. The normalized spacial score (nSPS) is 12.1. The molecular formula is C13H16N4OS. The Hall–Kier alpha value is -1.82. The summed E-state index contributed by atoms with van der Waals surface area (Å²) < 4.78 is 0. The molecule has 0 fully saturated rings. The number of hydrogen-bond acceptors (Lipinski definition) is 4. The standard InChI is InChI=1S/C13H16N4OS/c1-10(13-14-9-15-17-13)16-12(18)7-8-19-11-5-3-2-4-6-11/h2-6,9-10H,7-8H2,1H3,(H,16,18)(H,14,15,17). The van der Waals surface area contributed by atoms with E-state index in [1.165, 1.54) is 11.2 Å². The first kappa shape index (κ1) is 13.6. The Morgan fingerprint density at radius 1 is 1.42 bits per heavy atom. The fourth-order valence-corrected chi connectivity index (χ4v) is 2.46. The van der Waals surface area contributed by atoms with Gasteiger partial charge < -0.3 is 5.32 Å².